The van der Waals surface area contributed by atoms with Gasteiger partial charge in [-0.05, 0) is 66.1 Å². The van der Waals surface area contributed by atoms with E-state index < -0.39 is 33.6 Å². The summed E-state index contributed by atoms with van der Waals surface area (Å²) in [7, 11) is -4.43. The van der Waals surface area contributed by atoms with E-state index in [1.165, 1.54) is 48.5 Å². The van der Waals surface area contributed by atoms with Crippen LogP contribution in [0.25, 0.3) is 0 Å². The summed E-state index contributed by atoms with van der Waals surface area (Å²) in [4.78, 5) is 24.7. The first-order valence-corrected chi connectivity index (χ1v) is 13.2. The second-order valence-corrected chi connectivity index (χ2v) is 10.6. The maximum absolute atomic E-state index is 14.0. The average Bonchev–Trinajstić information content (AvgIpc) is 2.83. The number of amides is 2. The Hall–Kier alpha value is -3.34. The van der Waals surface area contributed by atoms with Crippen LogP contribution in [-0.4, -0.2) is 31.1 Å². The van der Waals surface area contributed by atoms with Crippen molar-refractivity contribution in [2.24, 2.45) is 5.73 Å². The summed E-state index contributed by atoms with van der Waals surface area (Å²) >= 11 is 5.90. The number of sulfonamides is 1. The SMILES string of the molecule is CCCCNC(=O)c1ccc(CN(C(C(N)=O)c2cc(F)cc(F)c2)S(=O)(=O)c2ccc(Cl)cc2)cc1. The highest BCUT2D eigenvalue weighted by atomic mass is 35.5. The van der Waals surface area contributed by atoms with E-state index in [4.69, 9.17) is 17.3 Å². The Balaban J connectivity index is 2.04. The maximum Gasteiger partial charge on any atom is 0.251 e. The molecule has 7 nitrogen and oxygen atoms in total. The highest BCUT2D eigenvalue weighted by molar-refractivity contribution is 7.89. The monoisotopic (exact) mass is 549 g/mol. The minimum atomic E-state index is -4.43. The predicted octanol–water partition coefficient (Wildman–Crippen LogP) is 4.57. The summed E-state index contributed by atoms with van der Waals surface area (Å²) in [6.45, 7) is 2.14. The van der Waals surface area contributed by atoms with Crippen molar-refractivity contribution >= 4 is 33.4 Å². The Bertz CT molecular complexity index is 1350. The first-order chi connectivity index (χ1) is 17.5. The molecule has 0 aliphatic rings. The van der Waals surface area contributed by atoms with Gasteiger partial charge in [0.1, 0.15) is 17.7 Å². The molecule has 37 heavy (non-hydrogen) atoms. The van der Waals surface area contributed by atoms with Crippen LogP contribution in [0.15, 0.2) is 71.6 Å². The number of hydrogen-bond donors (Lipinski definition) is 2. The number of nitrogens with zero attached hydrogens (tertiary/aromatic N) is 1. The summed E-state index contributed by atoms with van der Waals surface area (Å²) in [6.07, 6.45) is 1.75. The minimum absolute atomic E-state index is 0.202. The third-order valence-corrected chi connectivity index (χ3v) is 7.63. The number of carbonyl (C=O) groups is 2. The molecule has 0 saturated heterocycles. The number of benzene rings is 3. The minimum Gasteiger partial charge on any atom is -0.368 e. The molecule has 0 heterocycles. The molecule has 196 valence electrons. The van der Waals surface area contributed by atoms with Crippen molar-refractivity contribution in [1.82, 2.24) is 9.62 Å². The molecule has 0 fully saturated rings. The molecular weight excluding hydrogens is 524 g/mol. The molecule has 3 aromatic rings. The number of nitrogens with one attached hydrogen (secondary N) is 1. The van der Waals surface area contributed by atoms with Gasteiger partial charge in [-0.3, -0.25) is 9.59 Å². The van der Waals surface area contributed by atoms with Gasteiger partial charge in [0.2, 0.25) is 15.9 Å². The maximum atomic E-state index is 14.0. The van der Waals surface area contributed by atoms with Gasteiger partial charge in [0.25, 0.3) is 5.91 Å². The van der Waals surface area contributed by atoms with Gasteiger partial charge in [-0.2, -0.15) is 4.31 Å². The van der Waals surface area contributed by atoms with Gasteiger partial charge in [-0.15, -0.1) is 0 Å². The van der Waals surface area contributed by atoms with Gasteiger partial charge >= 0.3 is 0 Å². The van der Waals surface area contributed by atoms with Crippen LogP contribution in [0, 0.1) is 11.6 Å². The Labute approximate surface area is 219 Å². The van der Waals surface area contributed by atoms with E-state index in [0.29, 0.717) is 23.7 Å². The molecule has 0 aromatic heterocycles. The smallest absolute Gasteiger partial charge is 0.251 e. The zero-order chi connectivity index (χ0) is 27.2. The summed E-state index contributed by atoms with van der Waals surface area (Å²) in [5, 5.41) is 3.08. The Morgan fingerprint density at radius 2 is 1.59 bits per heavy atom. The lowest BCUT2D eigenvalue weighted by Crippen LogP contribution is -2.41. The fourth-order valence-corrected chi connectivity index (χ4v) is 5.38. The average molecular weight is 550 g/mol. The number of rotatable bonds is 11. The fraction of sp³-hybridized carbons (Fsp3) is 0.231. The summed E-state index contributed by atoms with van der Waals surface area (Å²) < 4.78 is 56.2. The van der Waals surface area contributed by atoms with Crippen LogP contribution in [0.5, 0.6) is 0 Å². The van der Waals surface area contributed by atoms with Crippen LogP contribution in [0.3, 0.4) is 0 Å². The number of hydrogen-bond acceptors (Lipinski definition) is 4. The van der Waals surface area contributed by atoms with Crippen molar-refractivity contribution < 1.29 is 26.8 Å². The summed E-state index contributed by atoms with van der Waals surface area (Å²) in [5.74, 6) is -3.41. The largest absolute Gasteiger partial charge is 0.368 e. The van der Waals surface area contributed by atoms with Crippen molar-refractivity contribution in [3.05, 3.63) is 100 Å². The molecule has 0 bridgehead atoms. The second-order valence-electron chi connectivity index (χ2n) is 8.32. The quantitative estimate of drug-likeness (QED) is 0.341. The van der Waals surface area contributed by atoms with Crippen molar-refractivity contribution in [3.63, 3.8) is 0 Å². The molecule has 0 radical (unpaired) electrons. The number of carbonyl (C=O) groups excluding carboxylic acids is 2. The van der Waals surface area contributed by atoms with Gasteiger partial charge in [-0.25, -0.2) is 17.2 Å². The third-order valence-electron chi connectivity index (χ3n) is 5.55. The van der Waals surface area contributed by atoms with Crippen LogP contribution in [0.4, 0.5) is 8.78 Å². The number of unbranched alkanes of at least 4 members (excludes halogenated alkanes) is 1. The molecule has 0 saturated carbocycles. The van der Waals surface area contributed by atoms with E-state index in [2.05, 4.69) is 5.32 Å². The first-order valence-electron chi connectivity index (χ1n) is 11.4. The zero-order valence-electron chi connectivity index (χ0n) is 20.0. The highest BCUT2D eigenvalue weighted by Gasteiger charge is 2.36. The lowest BCUT2D eigenvalue weighted by atomic mass is 10.0. The van der Waals surface area contributed by atoms with Crippen molar-refractivity contribution in [2.75, 3.05) is 6.54 Å². The van der Waals surface area contributed by atoms with Crippen LogP contribution in [0.1, 0.15) is 47.3 Å². The molecule has 3 aromatic carbocycles. The molecule has 0 aliphatic carbocycles. The molecule has 3 N–H and O–H groups in total. The van der Waals surface area contributed by atoms with E-state index in [0.717, 1.165) is 29.3 Å². The van der Waals surface area contributed by atoms with Crippen molar-refractivity contribution in [3.8, 4) is 0 Å². The zero-order valence-corrected chi connectivity index (χ0v) is 21.5. The van der Waals surface area contributed by atoms with Crippen LogP contribution >= 0.6 is 11.6 Å². The molecule has 0 aliphatic heterocycles. The van der Waals surface area contributed by atoms with E-state index in [-0.39, 0.29) is 27.9 Å². The second kappa shape index (κ2) is 12.3. The molecule has 1 atom stereocenters. The summed E-state index contributed by atoms with van der Waals surface area (Å²) in [6, 6.07) is 11.9. The number of halogens is 3. The molecule has 1 unspecified atom stereocenters. The summed E-state index contributed by atoms with van der Waals surface area (Å²) in [5.41, 5.74) is 6.09. The lowest BCUT2D eigenvalue weighted by Gasteiger charge is -2.29. The van der Waals surface area contributed by atoms with Gasteiger partial charge < -0.3 is 11.1 Å². The first kappa shape index (κ1) is 28.2. The molecule has 2 amide bonds. The Morgan fingerprint density at radius 1 is 1.00 bits per heavy atom. The van der Waals surface area contributed by atoms with Gasteiger partial charge in [0.15, 0.2) is 0 Å². The topological polar surface area (TPSA) is 110 Å². The lowest BCUT2D eigenvalue weighted by molar-refractivity contribution is -0.122. The van der Waals surface area contributed by atoms with Gasteiger partial charge in [-0.1, -0.05) is 37.1 Å². The van der Waals surface area contributed by atoms with E-state index in [9.17, 15) is 26.8 Å². The van der Waals surface area contributed by atoms with E-state index >= 15 is 0 Å². The van der Waals surface area contributed by atoms with Gasteiger partial charge in [0.05, 0.1) is 4.90 Å². The number of primary amides is 1. The van der Waals surface area contributed by atoms with Crippen molar-refractivity contribution in [1.29, 1.82) is 0 Å². The van der Waals surface area contributed by atoms with E-state index in [1.807, 2.05) is 6.92 Å². The predicted molar refractivity (Wildman–Crippen MR) is 136 cm³/mol. The molecule has 3 rings (SSSR count). The van der Waals surface area contributed by atoms with Crippen LogP contribution in [0.2, 0.25) is 5.02 Å². The van der Waals surface area contributed by atoms with Crippen LogP contribution < -0.4 is 11.1 Å². The molecular formula is C26H26ClF2N3O4S. The third kappa shape index (κ3) is 7.12. The van der Waals surface area contributed by atoms with Gasteiger partial charge in [0, 0.05) is 29.7 Å². The Kier molecular flexibility index (Phi) is 9.36. The number of nitrogens with two attached hydrogens (primary N) is 1. The standard InChI is InChI=1S/C26H26ClF2N3O4S/c1-2-3-12-31-26(34)18-6-4-17(5-7-18)16-32(37(35,36)23-10-8-20(27)9-11-23)24(25(30)33)19-13-21(28)15-22(29)14-19/h4-11,13-15,24H,2-3,12,16H2,1H3,(H2,30,33)(H,31,34). The normalized spacial score (nSPS) is 12.4. The van der Waals surface area contributed by atoms with Crippen LogP contribution in [-0.2, 0) is 21.4 Å². The fourth-order valence-electron chi connectivity index (χ4n) is 3.68. The Morgan fingerprint density at radius 3 is 2.14 bits per heavy atom. The highest BCUT2D eigenvalue weighted by Crippen LogP contribution is 2.31. The van der Waals surface area contributed by atoms with Crippen molar-refractivity contribution in [2.45, 2.75) is 37.2 Å². The molecule has 11 heteroatoms. The molecule has 0 spiro atoms. The van der Waals surface area contributed by atoms with E-state index in [1.54, 1.807) is 0 Å².